The summed E-state index contributed by atoms with van der Waals surface area (Å²) in [6.45, 7) is 12.8. The number of hydrogen-bond donors (Lipinski definition) is 3. The first-order chi connectivity index (χ1) is 14.0. The summed E-state index contributed by atoms with van der Waals surface area (Å²) >= 11 is 0. The molecule has 6 atom stereocenters. The Kier molecular flexibility index (Phi) is 7.37. The third kappa shape index (κ3) is 5.11. The van der Waals surface area contributed by atoms with Crippen LogP contribution in [0.1, 0.15) is 91.9 Å². The van der Waals surface area contributed by atoms with E-state index in [0.29, 0.717) is 18.3 Å². The second-order valence-electron chi connectivity index (χ2n) is 11.3. The van der Waals surface area contributed by atoms with Crippen LogP contribution in [0, 0.1) is 23.2 Å². The van der Waals surface area contributed by atoms with Gasteiger partial charge in [-0.25, -0.2) is 0 Å². The number of aliphatic hydroxyl groups excluding tert-OH is 2. The molecule has 0 radical (unpaired) electrons. The zero-order valence-electron chi connectivity index (χ0n) is 19.7. The van der Waals surface area contributed by atoms with Gasteiger partial charge in [0.05, 0.1) is 17.8 Å². The van der Waals surface area contributed by atoms with Crippen LogP contribution in [0.25, 0.3) is 0 Å². The molecule has 0 aromatic rings. The van der Waals surface area contributed by atoms with Crippen molar-refractivity contribution in [3.8, 4) is 0 Å². The summed E-state index contributed by atoms with van der Waals surface area (Å²) in [5.74, 6) is 1.16. The topological polar surface area (TPSA) is 60.7 Å². The molecule has 0 heterocycles. The zero-order valence-corrected chi connectivity index (χ0v) is 19.7. The van der Waals surface area contributed by atoms with Gasteiger partial charge in [-0.1, -0.05) is 50.6 Å². The van der Waals surface area contributed by atoms with Crippen LogP contribution in [0.3, 0.4) is 0 Å². The van der Waals surface area contributed by atoms with Gasteiger partial charge in [0.15, 0.2) is 0 Å². The number of hydrogen-bond acceptors (Lipinski definition) is 3. The van der Waals surface area contributed by atoms with Crippen molar-refractivity contribution >= 4 is 0 Å². The van der Waals surface area contributed by atoms with Crippen molar-refractivity contribution in [1.29, 1.82) is 0 Å². The molecule has 3 fully saturated rings. The fourth-order valence-electron chi connectivity index (χ4n) is 6.90. The van der Waals surface area contributed by atoms with Gasteiger partial charge in [-0.2, -0.15) is 0 Å². The van der Waals surface area contributed by atoms with E-state index in [1.807, 2.05) is 6.92 Å². The first-order valence-electron chi connectivity index (χ1n) is 12.2. The van der Waals surface area contributed by atoms with Crippen molar-refractivity contribution in [2.75, 3.05) is 0 Å². The van der Waals surface area contributed by atoms with Crippen LogP contribution < -0.4 is 0 Å². The largest absolute Gasteiger partial charge is 0.393 e. The van der Waals surface area contributed by atoms with Gasteiger partial charge in [-0.3, -0.25) is 0 Å². The third-order valence-corrected chi connectivity index (χ3v) is 8.30. The lowest BCUT2D eigenvalue weighted by Gasteiger charge is -2.47. The Labute approximate surface area is 184 Å². The monoisotopic (exact) mass is 416 g/mol. The normalized spacial score (nSPS) is 38.1. The van der Waals surface area contributed by atoms with Crippen molar-refractivity contribution in [2.24, 2.45) is 23.2 Å². The first-order valence-corrected chi connectivity index (χ1v) is 12.2. The number of allylic oxidation sites excluding steroid dienone is 4. The van der Waals surface area contributed by atoms with E-state index < -0.39 is 11.7 Å². The molecular formula is C27H44O3. The molecule has 30 heavy (non-hydrogen) atoms. The van der Waals surface area contributed by atoms with Crippen LogP contribution >= 0.6 is 0 Å². The highest BCUT2D eigenvalue weighted by Gasteiger charge is 2.55. The average Bonchev–Trinajstić information content (AvgIpc) is 2.99. The van der Waals surface area contributed by atoms with E-state index in [1.54, 1.807) is 0 Å². The summed E-state index contributed by atoms with van der Waals surface area (Å²) < 4.78 is 0. The highest BCUT2D eigenvalue weighted by Crippen LogP contribution is 2.60. The minimum Gasteiger partial charge on any atom is -0.393 e. The lowest BCUT2D eigenvalue weighted by molar-refractivity contribution is -0.0867. The fourth-order valence-corrected chi connectivity index (χ4v) is 6.90. The van der Waals surface area contributed by atoms with Gasteiger partial charge in [0, 0.05) is 6.42 Å². The van der Waals surface area contributed by atoms with Crippen LogP contribution in [0.5, 0.6) is 0 Å². The van der Waals surface area contributed by atoms with E-state index in [9.17, 15) is 15.3 Å². The maximum absolute atomic E-state index is 11.5. The Morgan fingerprint density at radius 3 is 2.63 bits per heavy atom. The van der Waals surface area contributed by atoms with Gasteiger partial charge >= 0.3 is 0 Å². The van der Waals surface area contributed by atoms with Crippen molar-refractivity contribution in [2.45, 2.75) is 110 Å². The van der Waals surface area contributed by atoms with Crippen molar-refractivity contribution < 1.29 is 15.3 Å². The lowest BCUT2D eigenvalue weighted by atomic mass is 9.59. The molecule has 2 unspecified atom stereocenters. The lowest BCUT2D eigenvalue weighted by Crippen LogP contribution is -2.47. The molecular weight excluding hydrogens is 372 g/mol. The molecule has 3 rings (SSSR count). The molecule has 3 aliphatic carbocycles. The molecule has 170 valence electrons. The van der Waals surface area contributed by atoms with Gasteiger partial charge in [-0.05, 0) is 93.5 Å². The second kappa shape index (κ2) is 9.30. The maximum atomic E-state index is 11.5. The molecule has 3 saturated carbocycles. The van der Waals surface area contributed by atoms with Gasteiger partial charge < -0.3 is 15.3 Å². The van der Waals surface area contributed by atoms with Crippen LogP contribution in [0.2, 0.25) is 0 Å². The van der Waals surface area contributed by atoms with Crippen molar-refractivity contribution in [1.82, 2.24) is 0 Å². The highest BCUT2D eigenvalue weighted by molar-refractivity contribution is 5.36. The van der Waals surface area contributed by atoms with E-state index in [4.69, 9.17) is 0 Å². The predicted octanol–water partition coefficient (Wildman–Crippen LogP) is 5.70. The first kappa shape index (κ1) is 23.8. The Hall–Kier alpha value is -0.900. The van der Waals surface area contributed by atoms with Gasteiger partial charge in [0.1, 0.15) is 0 Å². The summed E-state index contributed by atoms with van der Waals surface area (Å²) in [5, 5.41) is 32.0. The predicted molar refractivity (Wildman–Crippen MR) is 124 cm³/mol. The van der Waals surface area contributed by atoms with Gasteiger partial charge in [0.25, 0.3) is 0 Å². The summed E-state index contributed by atoms with van der Waals surface area (Å²) in [4.78, 5) is 0. The average molecular weight is 417 g/mol. The minimum atomic E-state index is -0.833. The summed E-state index contributed by atoms with van der Waals surface area (Å²) in [6.07, 6.45) is 13.1. The Morgan fingerprint density at radius 1 is 1.20 bits per heavy atom. The van der Waals surface area contributed by atoms with Crippen molar-refractivity contribution in [3.63, 3.8) is 0 Å². The van der Waals surface area contributed by atoms with Crippen molar-refractivity contribution in [3.05, 3.63) is 35.5 Å². The van der Waals surface area contributed by atoms with Crippen LogP contribution in [-0.4, -0.2) is 33.1 Å². The standard InChI is InChI=1S/C27H44O3/c1-18(2)15-23(29)17-27(5,30)25-13-12-24-20(7-6-14-26(24,25)4)9-10-21-16-22(28)11-8-19(21)3/h9-10,18,22-25,28-30H,3,6-8,11-17H2,1-2,4-5H3/b20-9?,21-10-/t22-,23?,24?,25-,26-,27+/m0/s1. The van der Waals surface area contributed by atoms with Gasteiger partial charge in [-0.15, -0.1) is 0 Å². The Bertz CT molecular complexity index is 686. The maximum Gasteiger partial charge on any atom is 0.0677 e. The molecule has 3 heteroatoms. The molecule has 3 aliphatic rings. The smallest absolute Gasteiger partial charge is 0.0677 e. The van der Waals surface area contributed by atoms with E-state index >= 15 is 0 Å². The van der Waals surface area contributed by atoms with Crippen LogP contribution in [0.4, 0.5) is 0 Å². The SMILES string of the molecule is C=C1CC[C@H](O)C/C1=C/C=C1CCC[C@@]2(C)C1CC[C@@H]2[C@](C)(O)CC(O)CC(C)C. The van der Waals surface area contributed by atoms with Crippen LogP contribution in [-0.2, 0) is 0 Å². The molecule has 0 bridgehead atoms. The van der Waals surface area contributed by atoms with E-state index in [2.05, 4.69) is 39.5 Å². The molecule has 3 nitrogen and oxygen atoms in total. The number of fused-ring (bicyclic) bond motifs is 1. The molecule has 0 amide bonds. The number of rotatable bonds is 6. The van der Waals surface area contributed by atoms with Gasteiger partial charge in [0.2, 0.25) is 0 Å². The highest BCUT2D eigenvalue weighted by atomic mass is 16.3. The zero-order chi connectivity index (χ0) is 22.1. The Morgan fingerprint density at radius 2 is 1.93 bits per heavy atom. The molecule has 0 aromatic heterocycles. The molecule has 0 spiro atoms. The number of aliphatic hydroxyl groups is 3. The minimum absolute atomic E-state index is 0.0900. The molecule has 0 saturated heterocycles. The third-order valence-electron chi connectivity index (χ3n) is 8.30. The molecule has 0 aromatic carbocycles. The van der Waals surface area contributed by atoms with E-state index in [0.717, 1.165) is 57.8 Å². The van der Waals surface area contributed by atoms with Crippen LogP contribution in [0.15, 0.2) is 35.5 Å². The Balaban J connectivity index is 1.77. The summed E-state index contributed by atoms with van der Waals surface area (Å²) in [7, 11) is 0. The summed E-state index contributed by atoms with van der Waals surface area (Å²) in [5.41, 5.74) is 3.13. The molecule has 3 N–H and O–H groups in total. The fraction of sp³-hybridized carbons (Fsp3) is 0.778. The molecule has 0 aliphatic heterocycles. The quantitative estimate of drug-likeness (QED) is 0.520. The van der Waals surface area contributed by atoms with E-state index in [-0.39, 0.29) is 17.4 Å². The van der Waals surface area contributed by atoms with E-state index in [1.165, 1.54) is 16.7 Å². The summed E-state index contributed by atoms with van der Waals surface area (Å²) in [6, 6.07) is 0. The second-order valence-corrected chi connectivity index (χ2v) is 11.3.